The van der Waals surface area contributed by atoms with Crippen LogP contribution in [-0.4, -0.2) is 37.4 Å². The summed E-state index contributed by atoms with van der Waals surface area (Å²) in [5.74, 6) is -0.154. The quantitative estimate of drug-likeness (QED) is 0.736. The lowest BCUT2D eigenvalue weighted by molar-refractivity contribution is -0.112. The van der Waals surface area contributed by atoms with Gasteiger partial charge in [0, 0.05) is 18.4 Å². The second kappa shape index (κ2) is 8.52. The van der Waals surface area contributed by atoms with E-state index in [9.17, 15) is 17.6 Å². The maximum atomic E-state index is 13.3. The van der Waals surface area contributed by atoms with E-state index >= 15 is 0 Å². The predicted molar refractivity (Wildman–Crippen MR) is 116 cm³/mol. The molecule has 0 bridgehead atoms. The highest BCUT2D eigenvalue weighted by atomic mass is 35.5. The van der Waals surface area contributed by atoms with E-state index in [-0.39, 0.29) is 41.5 Å². The number of hydrogen-bond acceptors (Lipinski definition) is 5. The number of rotatable bonds is 5. The lowest BCUT2D eigenvalue weighted by Crippen LogP contribution is -2.37. The Hall–Kier alpha value is -3.17. The number of nitrogens with zero attached hydrogens (tertiary/aromatic N) is 2. The molecule has 2 heterocycles. The summed E-state index contributed by atoms with van der Waals surface area (Å²) in [5.41, 5.74) is 1.47. The van der Waals surface area contributed by atoms with Crippen LogP contribution in [0.2, 0.25) is 5.02 Å². The van der Waals surface area contributed by atoms with Gasteiger partial charge in [0.05, 0.1) is 16.3 Å². The zero-order valence-electron chi connectivity index (χ0n) is 16.1. The van der Waals surface area contributed by atoms with Crippen LogP contribution in [0, 0.1) is 5.82 Å². The molecular weight excluding hydrogens is 445 g/mol. The van der Waals surface area contributed by atoms with E-state index in [0.717, 1.165) is 0 Å². The molecule has 0 fully saturated rings. The van der Waals surface area contributed by atoms with Crippen LogP contribution in [-0.2, 0) is 21.4 Å². The van der Waals surface area contributed by atoms with Crippen molar-refractivity contribution in [3.8, 4) is 5.75 Å². The van der Waals surface area contributed by atoms with Gasteiger partial charge < -0.3 is 15.0 Å². The van der Waals surface area contributed by atoms with E-state index < -0.39 is 10.0 Å². The van der Waals surface area contributed by atoms with Crippen LogP contribution in [0.4, 0.5) is 10.1 Å². The van der Waals surface area contributed by atoms with Gasteiger partial charge in [0.1, 0.15) is 24.0 Å². The molecule has 0 radical (unpaired) electrons. The van der Waals surface area contributed by atoms with Gasteiger partial charge in [-0.05, 0) is 48.0 Å². The molecule has 2 aliphatic rings. The first-order valence-electron chi connectivity index (χ1n) is 9.26. The second-order valence-corrected chi connectivity index (χ2v) is 9.03. The summed E-state index contributed by atoms with van der Waals surface area (Å²) < 4.78 is 45.7. The van der Waals surface area contributed by atoms with E-state index in [1.54, 1.807) is 41.4 Å². The van der Waals surface area contributed by atoms with Crippen molar-refractivity contribution in [2.24, 2.45) is 4.40 Å². The molecule has 0 saturated carbocycles. The van der Waals surface area contributed by atoms with E-state index in [1.807, 2.05) is 0 Å². The summed E-state index contributed by atoms with van der Waals surface area (Å²) in [6, 6.07) is 10.9. The average Bonchev–Trinajstić information content (AvgIpc) is 2.72. The molecular formula is C21H17ClFN3O4S. The Balaban J connectivity index is 1.41. The van der Waals surface area contributed by atoms with Crippen molar-refractivity contribution in [2.75, 3.05) is 17.6 Å². The maximum Gasteiger partial charge on any atom is 0.257 e. The molecule has 160 valence electrons. The monoisotopic (exact) mass is 461 g/mol. The van der Waals surface area contributed by atoms with Crippen molar-refractivity contribution in [1.82, 2.24) is 4.90 Å². The number of amidine groups is 1. The number of amides is 1. The topological polar surface area (TPSA) is 88.1 Å². The number of hydrogen-bond donors (Lipinski definition) is 1. The summed E-state index contributed by atoms with van der Waals surface area (Å²) in [6.07, 6.45) is 4.55. The Bertz CT molecular complexity index is 1240. The van der Waals surface area contributed by atoms with Crippen LogP contribution in [0.3, 0.4) is 0 Å². The Morgan fingerprint density at radius 1 is 1.23 bits per heavy atom. The minimum absolute atomic E-state index is 0.109. The maximum absolute atomic E-state index is 13.3. The van der Waals surface area contributed by atoms with E-state index in [4.69, 9.17) is 16.3 Å². The summed E-state index contributed by atoms with van der Waals surface area (Å²) in [7, 11) is -3.45. The highest BCUT2D eigenvalue weighted by molar-refractivity contribution is 7.90. The van der Waals surface area contributed by atoms with Gasteiger partial charge >= 0.3 is 0 Å². The molecule has 0 atom stereocenters. The van der Waals surface area contributed by atoms with Crippen LogP contribution in [0.1, 0.15) is 5.56 Å². The third kappa shape index (κ3) is 5.12. The largest absolute Gasteiger partial charge is 0.487 e. The van der Waals surface area contributed by atoms with Gasteiger partial charge in [0.25, 0.3) is 15.9 Å². The van der Waals surface area contributed by atoms with Gasteiger partial charge in [-0.25, -0.2) is 12.8 Å². The molecule has 0 saturated heterocycles. The van der Waals surface area contributed by atoms with Crippen LogP contribution < -0.4 is 10.1 Å². The number of ether oxygens (including phenoxy) is 1. The Morgan fingerprint density at radius 3 is 2.84 bits per heavy atom. The number of carbonyl (C=O) groups excluding carboxylic acids is 1. The first-order chi connectivity index (χ1) is 14.8. The zero-order valence-corrected chi connectivity index (χ0v) is 17.7. The van der Waals surface area contributed by atoms with Gasteiger partial charge in [-0.3, -0.25) is 4.79 Å². The van der Waals surface area contributed by atoms with E-state index in [2.05, 4.69) is 9.71 Å². The Kier molecular flexibility index (Phi) is 5.79. The lowest BCUT2D eigenvalue weighted by atomic mass is 10.1. The van der Waals surface area contributed by atoms with Crippen molar-refractivity contribution in [2.45, 2.75) is 6.61 Å². The van der Waals surface area contributed by atoms with E-state index in [1.165, 1.54) is 24.3 Å². The molecule has 2 aromatic rings. The number of sulfonamides is 1. The summed E-state index contributed by atoms with van der Waals surface area (Å²) >= 11 is 6.25. The summed E-state index contributed by atoms with van der Waals surface area (Å²) in [4.78, 5) is 14.2. The predicted octanol–water partition coefficient (Wildman–Crippen LogP) is 3.49. The highest BCUT2D eigenvalue weighted by Crippen LogP contribution is 2.29. The van der Waals surface area contributed by atoms with Gasteiger partial charge in [-0.2, -0.15) is 0 Å². The van der Waals surface area contributed by atoms with Gasteiger partial charge in [-0.15, -0.1) is 4.40 Å². The number of benzene rings is 2. The minimum Gasteiger partial charge on any atom is -0.487 e. The first-order valence-corrected chi connectivity index (χ1v) is 11.3. The fourth-order valence-electron chi connectivity index (χ4n) is 3.02. The first kappa shape index (κ1) is 21.1. The van der Waals surface area contributed by atoms with Crippen LogP contribution in [0.25, 0.3) is 0 Å². The molecule has 0 spiro atoms. The molecule has 4 rings (SSSR count). The fraction of sp³-hybridized carbons (Fsp3) is 0.143. The lowest BCUT2D eigenvalue weighted by Gasteiger charge is -2.26. The number of carbonyl (C=O) groups is 1. The van der Waals surface area contributed by atoms with Crippen molar-refractivity contribution >= 4 is 39.1 Å². The van der Waals surface area contributed by atoms with E-state index in [0.29, 0.717) is 22.6 Å². The molecule has 0 unspecified atom stereocenters. The molecule has 2 aliphatic heterocycles. The van der Waals surface area contributed by atoms with Gasteiger partial charge in [-0.1, -0.05) is 23.7 Å². The molecule has 1 amide bonds. The molecule has 31 heavy (non-hydrogen) atoms. The molecule has 0 aliphatic carbocycles. The Labute approximate surface area is 183 Å². The SMILES string of the molecule is O=C(Nc1ccc(OCc2cccc(F)c2)c(Cl)c1)C1=CN2CCS(=O)(=O)N=C2C=C1. The number of halogens is 2. The molecule has 0 aromatic heterocycles. The summed E-state index contributed by atoms with van der Waals surface area (Å²) in [5, 5.41) is 3.03. The zero-order chi connectivity index (χ0) is 22.0. The molecule has 7 nitrogen and oxygen atoms in total. The minimum atomic E-state index is -3.45. The van der Waals surface area contributed by atoms with Crippen LogP contribution >= 0.6 is 11.6 Å². The molecule has 2 aromatic carbocycles. The Morgan fingerprint density at radius 2 is 2.06 bits per heavy atom. The third-order valence-corrected chi connectivity index (χ3v) is 6.02. The van der Waals surface area contributed by atoms with Crippen molar-refractivity contribution in [3.05, 3.63) is 82.8 Å². The van der Waals surface area contributed by atoms with Gasteiger partial charge in [0.15, 0.2) is 0 Å². The van der Waals surface area contributed by atoms with Gasteiger partial charge in [0.2, 0.25) is 0 Å². The normalized spacial score (nSPS) is 16.8. The smallest absolute Gasteiger partial charge is 0.257 e. The van der Waals surface area contributed by atoms with Crippen molar-refractivity contribution < 1.29 is 22.3 Å². The van der Waals surface area contributed by atoms with Crippen molar-refractivity contribution in [1.29, 1.82) is 0 Å². The third-order valence-electron chi connectivity index (χ3n) is 4.56. The fourth-order valence-corrected chi connectivity index (χ4v) is 4.23. The number of nitrogens with one attached hydrogen (secondary N) is 1. The highest BCUT2D eigenvalue weighted by Gasteiger charge is 2.25. The summed E-state index contributed by atoms with van der Waals surface area (Å²) in [6.45, 7) is 0.377. The second-order valence-electron chi connectivity index (χ2n) is 6.86. The molecule has 1 N–H and O–H groups in total. The van der Waals surface area contributed by atoms with Crippen molar-refractivity contribution in [3.63, 3.8) is 0 Å². The number of anilines is 1. The number of fused-ring (bicyclic) bond motifs is 1. The molecule has 10 heteroatoms. The average molecular weight is 462 g/mol. The standard InChI is InChI=1S/C21H17ClFN3O4S/c22-18-11-17(5-6-19(18)30-13-14-2-1-3-16(23)10-14)24-21(27)15-4-7-20-25-31(28,29)9-8-26(20)12-15/h1-7,10-12H,8-9,13H2,(H,24,27). The van der Waals surface area contributed by atoms with Crippen LogP contribution in [0.5, 0.6) is 5.75 Å². The van der Waals surface area contributed by atoms with Crippen LogP contribution in [0.15, 0.2) is 70.8 Å².